The Morgan fingerprint density at radius 3 is 2.45 bits per heavy atom. The van der Waals surface area contributed by atoms with Crippen molar-refractivity contribution >= 4 is 12.0 Å². The molecule has 0 bridgehead atoms. The van der Waals surface area contributed by atoms with E-state index in [0.29, 0.717) is 19.0 Å². The summed E-state index contributed by atoms with van der Waals surface area (Å²) in [5, 5.41) is 20.1. The summed E-state index contributed by atoms with van der Waals surface area (Å²) in [5.74, 6) is -0.656. The van der Waals surface area contributed by atoms with Gasteiger partial charge in [0, 0.05) is 13.1 Å². The SMILES string of the molecule is CC(C)(C)C1CCCN(C(=O)N[C@@H](CO)C(=O)O)CC1. The number of aliphatic hydroxyl groups is 1. The molecule has 20 heavy (non-hydrogen) atoms. The van der Waals surface area contributed by atoms with Crippen LogP contribution >= 0.6 is 0 Å². The molecule has 2 amide bonds. The Balaban J connectivity index is 2.56. The number of carboxylic acid groups (broad SMARTS) is 1. The lowest BCUT2D eigenvalue weighted by molar-refractivity contribution is -0.140. The smallest absolute Gasteiger partial charge is 0.328 e. The molecule has 1 heterocycles. The fraction of sp³-hybridized carbons (Fsp3) is 0.857. The van der Waals surface area contributed by atoms with Gasteiger partial charge in [-0.2, -0.15) is 0 Å². The molecule has 0 radical (unpaired) electrons. The van der Waals surface area contributed by atoms with Crippen molar-refractivity contribution in [1.29, 1.82) is 0 Å². The number of hydrogen-bond acceptors (Lipinski definition) is 3. The van der Waals surface area contributed by atoms with Gasteiger partial charge >= 0.3 is 12.0 Å². The molecule has 1 saturated heterocycles. The molecule has 0 aliphatic carbocycles. The molecule has 3 N–H and O–H groups in total. The Labute approximate surface area is 120 Å². The first kappa shape index (κ1) is 16.8. The van der Waals surface area contributed by atoms with Crippen molar-refractivity contribution in [2.45, 2.75) is 46.1 Å². The lowest BCUT2D eigenvalue weighted by atomic mass is 9.77. The van der Waals surface area contributed by atoms with Crippen LogP contribution in [0.5, 0.6) is 0 Å². The lowest BCUT2D eigenvalue weighted by Gasteiger charge is -2.29. The van der Waals surface area contributed by atoms with Crippen molar-refractivity contribution in [1.82, 2.24) is 10.2 Å². The molecule has 1 rings (SSSR count). The number of aliphatic hydroxyl groups excluding tert-OH is 1. The summed E-state index contributed by atoms with van der Waals surface area (Å²) < 4.78 is 0. The van der Waals surface area contributed by atoms with E-state index in [0.717, 1.165) is 19.3 Å². The largest absolute Gasteiger partial charge is 0.480 e. The summed E-state index contributed by atoms with van der Waals surface area (Å²) in [4.78, 5) is 24.5. The van der Waals surface area contributed by atoms with Crippen molar-refractivity contribution in [3.8, 4) is 0 Å². The molecule has 0 aromatic heterocycles. The van der Waals surface area contributed by atoms with E-state index in [-0.39, 0.29) is 5.41 Å². The summed E-state index contributed by atoms with van der Waals surface area (Å²) in [5.41, 5.74) is 0.223. The van der Waals surface area contributed by atoms with Gasteiger partial charge in [0.15, 0.2) is 6.04 Å². The zero-order chi connectivity index (χ0) is 15.3. The highest BCUT2D eigenvalue weighted by Crippen LogP contribution is 2.34. The lowest BCUT2D eigenvalue weighted by Crippen LogP contribution is -2.49. The molecule has 116 valence electrons. The fourth-order valence-electron chi connectivity index (χ4n) is 2.59. The van der Waals surface area contributed by atoms with Crippen molar-refractivity contribution in [3.63, 3.8) is 0 Å². The summed E-state index contributed by atoms with van der Waals surface area (Å²) in [6, 6.07) is -1.63. The Morgan fingerprint density at radius 1 is 1.30 bits per heavy atom. The summed E-state index contributed by atoms with van der Waals surface area (Å²) in [6.45, 7) is 7.29. The second-order valence-corrected chi connectivity index (χ2v) is 6.50. The number of hydrogen-bond donors (Lipinski definition) is 3. The molecule has 0 aromatic rings. The number of amides is 2. The van der Waals surface area contributed by atoms with Gasteiger partial charge in [0.05, 0.1) is 6.61 Å². The maximum Gasteiger partial charge on any atom is 0.328 e. The average molecular weight is 286 g/mol. The first-order chi connectivity index (χ1) is 9.25. The number of likely N-dealkylation sites (tertiary alicyclic amines) is 1. The maximum atomic E-state index is 12.0. The van der Waals surface area contributed by atoms with Crippen LogP contribution in [0.15, 0.2) is 0 Å². The van der Waals surface area contributed by atoms with E-state index in [4.69, 9.17) is 10.2 Å². The zero-order valence-corrected chi connectivity index (χ0v) is 12.6. The Kier molecular flexibility index (Phi) is 5.80. The minimum Gasteiger partial charge on any atom is -0.480 e. The molecule has 1 aliphatic rings. The van der Waals surface area contributed by atoms with Gasteiger partial charge in [0.25, 0.3) is 0 Å². The average Bonchev–Trinajstić information content (AvgIpc) is 2.60. The first-order valence-corrected chi connectivity index (χ1v) is 7.14. The van der Waals surface area contributed by atoms with E-state index >= 15 is 0 Å². The number of carboxylic acids is 1. The van der Waals surface area contributed by atoms with Crippen LogP contribution in [0.2, 0.25) is 0 Å². The van der Waals surface area contributed by atoms with Crippen molar-refractivity contribution < 1.29 is 19.8 Å². The quantitative estimate of drug-likeness (QED) is 0.729. The van der Waals surface area contributed by atoms with Gasteiger partial charge in [-0.05, 0) is 30.6 Å². The second kappa shape index (κ2) is 6.92. The highest BCUT2D eigenvalue weighted by Gasteiger charge is 2.29. The van der Waals surface area contributed by atoms with E-state index in [9.17, 15) is 9.59 Å². The highest BCUT2D eigenvalue weighted by atomic mass is 16.4. The van der Waals surface area contributed by atoms with Crippen molar-refractivity contribution in [2.24, 2.45) is 11.3 Å². The zero-order valence-electron chi connectivity index (χ0n) is 12.6. The van der Waals surface area contributed by atoms with Crippen molar-refractivity contribution in [2.75, 3.05) is 19.7 Å². The predicted molar refractivity (Wildman–Crippen MR) is 75.4 cm³/mol. The van der Waals surface area contributed by atoms with Gasteiger partial charge < -0.3 is 20.4 Å². The van der Waals surface area contributed by atoms with Gasteiger partial charge in [-0.25, -0.2) is 9.59 Å². The third-order valence-electron chi connectivity index (χ3n) is 4.02. The third-order valence-corrected chi connectivity index (χ3v) is 4.02. The number of nitrogens with one attached hydrogen (secondary N) is 1. The molecular formula is C14H26N2O4. The van der Waals surface area contributed by atoms with Crippen LogP contribution in [0.1, 0.15) is 40.0 Å². The van der Waals surface area contributed by atoms with Crippen LogP contribution in [0.25, 0.3) is 0 Å². The molecule has 0 spiro atoms. The summed E-state index contributed by atoms with van der Waals surface area (Å²) in [6.07, 6.45) is 2.93. The minimum absolute atomic E-state index is 0.223. The van der Waals surface area contributed by atoms with Crippen LogP contribution in [-0.4, -0.2) is 52.9 Å². The first-order valence-electron chi connectivity index (χ1n) is 7.14. The van der Waals surface area contributed by atoms with Crippen LogP contribution in [0, 0.1) is 11.3 Å². The monoisotopic (exact) mass is 286 g/mol. The molecule has 1 fully saturated rings. The second-order valence-electron chi connectivity index (χ2n) is 6.50. The van der Waals surface area contributed by atoms with Crippen LogP contribution in [-0.2, 0) is 4.79 Å². The molecule has 0 saturated carbocycles. The van der Waals surface area contributed by atoms with Gasteiger partial charge in [-0.15, -0.1) is 0 Å². The number of urea groups is 1. The van der Waals surface area contributed by atoms with Crippen LogP contribution in [0.4, 0.5) is 4.79 Å². The van der Waals surface area contributed by atoms with Gasteiger partial charge in [-0.1, -0.05) is 20.8 Å². The normalized spacial score (nSPS) is 22.0. The molecule has 0 aromatic carbocycles. The molecule has 6 heteroatoms. The fourth-order valence-corrected chi connectivity index (χ4v) is 2.59. The Hall–Kier alpha value is -1.30. The Bertz CT molecular complexity index is 352. The van der Waals surface area contributed by atoms with Gasteiger partial charge in [0.2, 0.25) is 0 Å². The van der Waals surface area contributed by atoms with Gasteiger partial charge in [0.1, 0.15) is 0 Å². The molecule has 6 nitrogen and oxygen atoms in total. The number of aliphatic carboxylic acids is 1. The summed E-state index contributed by atoms with van der Waals surface area (Å²) >= 11 is 0. The highest BCUT2D eigenvalue weighted by molar-refractivity contribution is 5.82. The van der Waals surface area contributed by atoms with Gasteiger partial charge in [-0.3, -0.25) is 0 Å². The predicted octanol–water partition coefficient (Wildman–Crippen LogP) is 1.29. The number of carbonyl (C=O) groups excluding carboxylic acids is 1. The standard InChI is InChI=1S/C14H26N2O4/c1-14(2,3)10-5-4-7-16(8-6-10)13(20)15-11(9-17)12(18)19/h10-11,17H,4-9H2,1-3H3,(H,15,20)(H,18,19)/t10?,11-/m0/s1. The number of carbonyl (C=O) groups is 2. The van der Waals surface area contributed by atoms with E-state index in [1.54, 1.807) is 4.90 Å². The Morgan fingerprint density at radius 2 is 1.95 bits per heavy atom. The number of rotatable bonds is 3. The third kappa shape index (κ3) is 4.67. The minimum atomic E-state index is -1.23. The maximum absolute atomic E-state index is 12.0. The number of nitrogens with zero attached hydrogens (tertiary/aromatic N) is 1. The van der Waals surface area contributed by atoms with E-state index < -0.39 is 24.6 Å². The van der Waals surface area contributed by atoms with Crippen molar-refractivity contribution in [3.05, 3.63) is 0 Å². The molecule has 1 unspecified atom stereocenters. The molecule has 1 aliphatic heterocycles. The van der Waals surface area contributed by atoms with Crippen LogP contribution in [0.3, 0.4) is 0 Å². The van der Waals surface area contributed by atoms with E-state index in [1.165, 1.54) is 0 Å². The summed E-state index contributed by atoms with van der Waals surface area (Å²) in [7, 11) is 0. The van der Waals surface area contributed by atoms with E-state index in [1.807, 2.05) is 0 Å². The van der Waals surface area contributed by atoms with Crippen LogP contribution < -0.4 is 5.32 Å². The topological polar surface area (TPSA) is 89.9 Å². The van der Waals surface area contributed by atoms with E-state index in [2.05, 4.69) is 26.1 Å². The molecular weight excluding hydrogens is 260 g/mol. The molecule has 2 atom stereocenters.